The zero-order valence-electron chi connectivity index (χ0n) is 19.4. The Kier molecular flexibility index (Phi) is 4.77. The molecule has 3 nitrogen and oxygen atoms in total. The fraction of sp³-hybridized carbons (Fsp3) is 0.379. The molecule has 0 N–H and O–H groups in total. The van der Waals surface area contributed by atoms with Gasteiger partial charge in [0.15, 0.2) is 11.6 Å². The van der Waals surface area contributed by atoms with Gasteiger partial charge in [-0.1, -0.05) is 76.2 Å². The highest BCUT2D eigenvalue weighted by Crippen LogP contribution is 2.56. The number of Topliss-reactive ketones (excluding diaryl/α,β-unsaturated/α-hetero) is 2. The number of carbonyl (C=O) groups excluding carboxylic acids is 2. The summed E-state index contributed by atoms with van der Waals surface area (Å²) in [5.74, 6) is 0.0730. The van der Waals surface area contributed by atoms with Gasteiger partial charge in [-0.2, -0.15) is 0 Å². The van der Waals surface area contributed by atoms with Gasteiger partial charge in [-0.05, 0) is 36.0 Å². The second kappa shape index (κ2) is 7.30. The van der Waals surface area contributed by atoms with Crippen LogP contribution in [0.15, 0.2) is 83.2 Å². The first-order valence-corrected chi connectivity index (χ1v) is 11.6. The van der Waals surface area contributed by atoms with E-state index in [9.17, 15) is 9.59 Å². The van der Waals surface area contributed by atoms with Crippen molar-refractivity contribution < 1.29 is 9.59 Å². The van der Waals surface area contributed by atoms with Crippen LogP contribution < -0.4 is 4.90 Å². The standard InChI is InChI=1S/C29H31NO2/c1-28(2)17-21-25(23(32)18-28)24(19-11-7-5-8-12-19)26-22(31)15-16-29(3,4)27(26)30(21)20-13-9-6-10-14-20/h5-14,24H,15-18H2,1-4H3. The van der Waals surface area contributed by atoms with Crippen molar-refractivity contribution in [1.82, 2.24) is 0 Å². The van der Waals surface area contributed by atoms with Gasteiger partial charge >= 0.3 is 0 Å². The van der Waals surface area contributed by atoms with Crippen LogP contribution in [0, 0.1) is 10.8 Å². The highest BCUT2D eigenvalue weighted by atomic mass is 16.1. The fourth-order valence-electron chi connectivity index (χ4n) is 5.85. The number of benzene rings is 2. The van der Waals surface area contributed by atoms with Gasteiger partial charge < -0.3 is 4.90 Å². The van der Waals surface area contributed by atoms with Crippen molar-refractivity contribution in [1.29, 1.82) is 0 Å². The highest BCUT2D eigenvalue weighted by Gasteiger charge is 2.50. The average Bonchev–Trinajstić information content (AvgIpc) is 2.75. The first-order chi connectivity index (χ1) is 15.2. The van der Waals surface area contributed by atoms with Crippen molar-refractivity contribution >= 4 is 17.3 Å². The number of carbonyl (C=O) groups is 2. The molecule has 1 heterocycles. The van der Waals surface area contributed by atoms with Crippen LogP contribution in [-0.2, 0) is 9.59 Å². The van der Waals surface area contributed by atoms with E-state index < -0.39 is 0 Å². The van der Waals surface area contributed by atoms with Crippen LogP contribution in [0.5, 0.6) is 0 Å². The van der Waals surface area contributed by atoms with Gasteiger partial charge in [0.05, 0.1) is 0 Å². The predicted octanol–water partition coefficient (Wildman–Crippen LogP) is 6.58. The topological polar surface area (TPSA) is 37.4 Å². The summed E-state index contributed by atoms with van der Waals surface area (Å²) in [5, 5.41) is 0. The second-order valence-electron chi connectivity index (χ2n) is 10.9. The summed E-state index contributed by atoms with van der Waals surface area (Å²) < 4.78 is 0. The maximum atomic E-state index is 13.7. The summed E-state index contributed by atoms with van der Waals surface area (Å²) in [6.45, 7) is 8.84. The SMILES string of the molecule is CC1(C)CC(=O)C2=C(C1)N(c1ccccc1)C1=C(C(=O)CCC1(C)C)C2c1ccccc1. The molecular weight excluding hydrogens is 394 g/mol. The normalized spacial score (nSPS) is 24.4. The lowest BCUT2D eigenvalue weighted by Gasteiger charge is -2.51. The van der Waals surface area contributed by atoms with Crippen LogP contribution in [0.25, 0.3) is 0 Å². The van der Waals surface area contributed by atoms with E-state index in [2.05, 4.69) is 56.9 Å². The molecule has 1 unspecified atom stereocenters. The van der Waals surface area contributed by atoms with Crippen LogP contribution in [0.1, 0.15) is 64.9 Å². The van der Waals surface area contributed by atoms with Crippen LogP contribution in [0.4, 0.5) is 5.69 Å². The molecular formula is C29H31NO2. The molecule has 0 radical (unpaired) electrons. The predicted molar refractivity (Wildman–Crippen MR) is 128 cm³/mol. The van der Waals surface area contributed by atoms with Crippen LogP contribution in [0.2, 0.25) is 0 Å². The third-order valence-corrected chi connectivity index (χ3v) is 7.29. The Hall–Kier alpha value is -2.94. The van der Waals surface area contributed by atoms with E-state index in [1.165, 1.54) is 0 Å². The third-order valence-electron chi connectivity index (χ3n) is 7.29. The van der Waals surface area contributed by atoms with Crippen LogP contribution in [-0.4, -0.2) is 11.6 Å². The molecule has 32 heavy (non-hydrogen) atoms. The minimum atomic E-state index is -0.281. The fourth-order valence-corrected chi connectivity index (χ4v) is 5.85. The van der Waals surface area contributed by atoms with Gasteiger partial charge in [-0.15, -0.1) is 0 Å². The Labute approximate surface area is 190 Å². The van der Waals surface area contributed by atoms with Crippen molar-refractivity contribution in [2.45, 2.75) is 59.3 Å². The van der Waals surface area contributed by atoms with E-state index in [0.29, 0.717) is 12.8 Å². The minimum absolute atomic E-state index is 0.120. The van der Waals surface area contributed by atoms with Gasteiger partial charge in [0.2, 0.25) is 0 Å². The Morgan fingerprint density at radius 3 is 2.06 bits per heavy atom. The monoisotopic (exact) mass is 425 g/mol. The summed E-state index contributed by atoms with van der Waals surface area (Å²) in [6, 6.07) is 20.4. The molecule has 1 aliphatic heterocycles. The molecule has 2 aromatic rings. The van der Waals surface area contributed by atoms with Crippen molar-refractivity contribution in [3.8, 4) is 0 Å². The Bertz CT molecular complexity index is 1150. The van der Waals surface area contributed by atoms with Crippen molar-refractivity contribution in [2.24, 2.45) is 10.8 Å². The number of nitrogens with zero attached hydrogens (tertiary/aromatic N) is 1. The Balaban J connectivity index is 1.87. The third kappa shape index (κ3) is 3.26. The van der Waals surface area contributed by atoms with E-state index in [4.69, 9.17) is 0 Å². The second-order valence-corrected chi connectivity index (χ2v) is 10.9. The highest BCUT2D eigenvalue weighted by molar-refractivity contribution is 6.08. The Morgan fingerprint density at radius 1 is 0.781 bits per heavy atom. The number of para-hydroxylation sites is 1. The zero-order valence-corrected chi connectivity index (χ0v) is 19.4. The van der Waals surface area contributed by atoms with Crippen molar-refractivity contribution in [2.75, 3.05) is 4.90 Å². The summed E-state index contributed by atoms with van der Waals surface area (Å²) in [6.07, 6.45) is 2.67. The molecule has 2 aliphatic carbocycles. The molecule has 3 aliphatic rings. The first-order valence-electron chi connectivity index (χ1n) is 11.6. The maximum Gasteiger partial charge on any atom is 0.162 e. The molecule has 164 valence electrons. The number of hydrogen-bond acceptors (Lipinski definition) is 3. The average molecular weight is 426 g/mol. The van der Waals surface area contributed by atoms with Gasteiger partial charge in [0.25, 0.3) is 0 Å². The maximum absolute atomic E-state index is 13.7. The smallest absolute Gasteiger partial charge is 0.162 e. The molecule has 3 heteroatoms. The van der Waals surface area contributed by atoms with Crippen molar-refractivity contribution in [3.63, 3.8) is 0 Å². The van der Waals surface area contributed by atoms with Crippen LogP contribution in [0.3, 0.4) is 0 Å². The largest absolute Gasteiger partial charge is 0.317 e. The molecule has 0 aromatic heterocycles. The minimum Gasteiger partial charge on any atom is -0.317 e. The number of hydrogen-bond donors (Lipinski definition) is 0. The molecule has 0 saturated heterocycles. The molecule has 2 aromatic carbocycles. The lowest BCUT2D eigenvalue weighted by molar-refractivity contribution is -0.118. The zero-order chi connectivity index (χ0) is 22.7. The molecule has 0 saturated carbocycles. The van der Waals surface area contributed by atoms with E-state index in [1.807, 2.05) is 36.4 Å². The van der Waals surface area contributed by atoms with Gasteiger partial charge in [-0.3, -0.25) is 9.59 Å². The summed E-state index contributed by atoms with van der Waals surface area (Å²) in [7, 11) is 0. The number of anilines is 1. The first kappa shape index (κ1) is 20.9. The van der Waals surface area contributed by atoms with Gasteiger partial charge in [-0.25, -0.2) is 0 Å². The van der Waals surface area contributed by atoms with Crippen LogP contribution >= 0.6 is 0 Å². The summed E-state index contributed by atoms with van der Waals surface area (Å²) in [5.41, 5.74) is 5.59. The van der Waals surface area contributed by atoms with Crippen molar-refractivity contribution in [3.05, 3.63) is 88.8 Å². The number of ketones is 2. The molecule has 0 bridgehead atoms. The Morgan fingerprint density at radius 2 is 1.41 bits per heavy atom. The van der Waals surface area contributed by atoms with Gasteiger partial charge in [0, 0.05) is 52.4 Å². The summed E-state index contributed by atoms with van der Waals surface area (Å²) >= 11 is 0. The van der Waals surface area contributed by atoms with E-state index in [-0.39, 0.29) is 28.3 Å². The molecule has 0 amide bonds. The molecule has 0 spiro atoms. The number of rotatable bonds is 2. The summed E-state index contributed by atoms with van der Waals surface area (Å²) in [4.78, 5) is 29.6. The lowest BCUT2D eigenvalue weighted by Crippen LogP contribution is -2.46. The van der Waals surface area contributed by atoms with E-state index in [1.54, 1.807) is 0 Å². The van der Waals surface area contributed by atoms with E-state index >= 15 is 0 Å². The lowest BCUT2D eigenvalue weighted by atomic mass is 9.62. The molecule has 0 fully saturated rings. The molecule has 5 rings (SSSR count). The van der Waals surface area contributed by atoms with Gasteiger partial charge in [0.1, 0.15) is 0 Å². The molecule has 1 atom stereocenters. The quantitative estimate of drug-likeness (QED) is 0.546. The number of allylic oxidation sites excluding steroid dienone is 4. The van der Waals surface area contributed by atoms with E-state index in [0.717, 1.165) is 46.6 Å².